The topological polar surface area (TPSA) is 72.7 Å². The Morgan fingerprint density at radius 1 is 1.50 bits per heavy atom. The molecule has 0 unspecified atom stereocenters. The lowest BCUT2D eigenvalue weighted by Crippen LogP contribution is -2.17. The number of carbonyl (C=O) groups is 1. The van der Waals surface area contributed by atoms with Gasteiger partial charge in [-0.05, 0) is 6.07 Å². The van der Waals surface area contributed by atoms with Crippen molar-refractivity contribution in [2.24, 2.45) is 0 Å². The molecule has 0 fully saturated rings. The Morgan fingerprint density at radius 3 is 2.75 bits per heavy atom. The first-order chi connectivity index (χ1) is 7.56. The van der Waals surface area contributed by atoms with Crippen LogP contribution in [0.25, 0.3) is 0 Å². The summed E-state index contributed by atoms with van der Waals surface area (Å²) in [6, 6.07) is 2.77. The predicted molar refractivity (Wildman–Crippen MR) is 55.4 cm³/mol. The highest BCUT2D eigenvalue weighted by Crippen LogP contribution is 2.37. The number of fused-ring (bicyclic) bond motifs is 1. The number of nitro benzene ring substituents is 1. The Bertz CT molecular complexity index is 484. The molecule has 0 saturated heterocycles. The van der Waals surface area contributed by atoms with Gasteiger partial charge in [0, 0.05) is 24.2 Å². The molecule has 0 aliphatic carbocycles. The molecule has 6 nitrogen and oxygen atoms in total. The van der Waals surface area contributed by atoms with E-state index in [1.807, 2.05) is 0 Å². The van der Waals surface area contributed by atoms with Gasteiger partial charge in [0.15, 0.2) is 0 Å². The van der Waals surface area contributed by atoms with Gasteiger partial charge in [-0.25, -0.2) is 0 Å². The van der Waals surface area contributed by atoms with Crippen molar-refractivity contribution >= 4 is 11.6 Å². The third-order valence-corrected chi connectivity index (χ3v) is 2.61. The van der Waals surface area contributed by atoms with Crippen molar-refractivity contribution in [2.45, 2.75) is 6.54 Å². The van der Waals surface area contributed by atoms with Crippen LogP contribution in [0, 0.1) is 10.1 Å². The largest absolute Gasteiger partial charge is 0.490 e. The molecule has 16 heavy (non-hydrogen) atoms. The Morgan fingerprint density at radius 2 is 2.19 bits per heavy atom. The second-order valence-electron chi connectivity index (χ2n) is 3.56. The molecule has 1 aliphatic heterocycles. The first-order valence-corrected chi connectivity index (χ1v) is 4.66. The van der Waals surface area contributed by atoms with Gasteiger partial charge in [0.1, 0.15) is 0 Å². The molecule has 1 aliphatic rings. The van der Waals surface area contributed by atoms with E-state index < -0.39 is 4.92 Å². The van der Waals surface area contributed by atoms with Gasteiger partial charge in [0.05, 0.1) is 18.6 Å². The van der Waals surface area contributed by atoms with E-state index in [9.17, 15) is 14.9 Å². The zero-order valence-corrected chi connectivity index (χ0v) is 8.89. The van der Waals surface area contributed by atoms with Crippen LogP contribution < -0.4 is 4.74 Å². The summed E-state index contributed by atoms with van der Waals surface area (Å²) in [6.45, 7) is 0.346. The van der Waals surface area contributed by atoms with Gasteiger partial charge in [0.25, 0.3) is 5.91 Å². The molecule has 0 atom stereocenters. The Kier molecular flexibility index (Phi) is 2.26. The van der Waals surface area contributed by atoms with Gasteiger partial charge in [-0.2, -0.15) is 0 Å². The molecule has 0 N–H and O–H groups in total. The third-order valence-electron chi connectivity index (χ3n) is 2.61. The van der Waals surface area contributed by atoms with Crippen LogP contribution in [-0.2, 0) is 6.54 Å². The number of nitrogens with zero attached hydrogens (tertiary/aromatic N) is 2. The van der Waals surface area contributed by atoms with Gasteiger partial charge in [0.2, 0.25) is 5.75 Å². The van der Waals surface area contributed by atoms with Gasteiger partial charge >= 0.3 is 5.69 Å². The standard InChI is InChI=1S/C10H10N2O4/c1-11-5-7-6(10(11)13)3-4-8(12(14)15)9(7)16-2/h3-4H,5H2,1-2H3. The van der Waals surface area contributed by atoms with Crippen molar-refractivity contribution in [3.63, 3.8) is 0 Å². The van der Waals surface area contributed by atoms with Crippen LogP contribution in [0.5, 0.6) is 5.75 Å². The number of rotatable bonds is 2. The average Bonchev–Trinajstić information content (AvgIpc) is 2.54. The van der Waals surface area contributed by atoms with E-state index in [0.29, 0.717) is 17.7 Å². The molecule has 0 aromatic heterocycles. The van der Waals surface area contributed by atoms with E-state index in [1.165, 1.54) is 24.1 Å². The Balaban J connectivity index is 2.64. The predicted octanol–water partition coefficient (Wildman–Crippen LogP) is 1.19. The molecule has 1 heterocycles. The molecular weight excluding hydrogens is 212 g/mol. The van der Waals surface area contributed by atoms with Gasteiger partial charge in [-0.15, -0.1) is 0 Å². The molecule has 1 amide bonds. The second kappa shape index (κ2) is 3.48. The van der Waals surface area contributed by atoms with Crippen LogP contribution in [0.15, 0.2) is 12.1 Å². The smallest absolute Gasteiger partial charge is 0.311 e. The Labute approximate surface area is 91.6 Å². The van der Waals surface area contributed by atoms with Crippen molar-refractivity contribution < 1.29 is 14.5 Å². The summed E-state index contributed by atoms with van der Waals surface area (Å²) in [5, 5.41) is 10.8. The van der Waals surface area contributed by atoms with Crippen molar-refractivity contribution in [1.82, 2.24) is 4.90 Å². The van der Waals surface area contributed by atoms with E-state index in [2.05, 4.69) is 0 Å². The quantitative estimate of drug-likeness (QED) is 0.556. The molecule has 2 rings (SSSR count). The van der Waals surface area contributed by atoms with E-state index in [0.717, 1.165) is 0 Å². The summed E-state index contributed by atoms with van der Waals surface area (Å²) in [5.74, 6) is 0.0448. The highest BCUT2D eigenvalue weighted by atomic mass is 16.6. The van der Waals surface area contributed by atoms with Gasteiger partial charge < -0.3 is 9.64 Å². The number of amides is 1. The lowest BCUT2D eigenvalue weighted by molar-refractivity contribution is -0.385. The molecular formula is C10H10N2O4. The number of methoxy groups -OCH3 is 1. The first-order valence-electron chi connectivity index (χ1n) is 4.66. The minimum atomic E-state index is -0.512. The molecule has 1 aromatic rings. The fourth-order valence-corrected chi connectivity index (χ4v) is 1.86. The normalized spacial score (nSPS) is 13.9. The summed E-state index contributed by atoms with van der Waals surface area (Å²) in [4.78, 5) is 23.4. The fraction of sp³-hybridized carbons (Fsp3) is 0.300. The number of hydrogen-bond donors (Lipinski definition) is 0. The molecule has 1 aromatic carbocycles. The molecule has 0 saturated carbocycles. The summed E-state index contributed by atoms with van der Waals surface area (Å²) in [6.07, 6.45) is 0. The SMILES string of the molecule is COc1c([N+](=O)[O-])ccc2c1CN(C)C2=O. The highest BCUT2D eigenvalue weighted by Gasteiger charge is 2.31. The fourth-order valence-electron chi connectivity index (χ4n) is 1.86. The van der Waals surface area contributed by atoms with Crippen LogP contribution >= 0.6 is 0 Å². The third kappa shape index (κ3) is 1.30. The minimum Gasteiger partial charge on any atom is -0.490 e. The number of benzene rings is 1. The van der Waals surface area contributed by atoms with Crippen LogP contribution in [-0.4, -0.2) is 29.9 Å². The van der Waals surface area contributed by atoms with Crippen molar-refractivity contribution in [3.05, 3.63) is 33.4 Å². The van der Waals surface area contributed by atoms with Gasteiger partial charge in [-0.3, -0.25) is 14.9 Å². The first kappa shape index (κ1) is 10.4. The summed E-state index contributed by atoms with van der Waals surface area (Å²) >= 11 is 0. The number of ether oxygens (including phenoxy) is 1. The molecule has 84 valence electrons. The van der Waals surface area contributed by atoms with Gasteiger partial charge in [-0.1, -0.05) is 0 Å². The Hall–Kier alpha value is -2.11. The molecule has 0 bridgehead atoms. The number of carbonyl (C=O) groups excluding carboxylic acids is 1. The maximum atomic E-state index is 11.6. The molecule has 0 spiro atoms. The van der Waals surface area contributed by atoms with Crippen LogP contribution in [0.4, 0.5) is 5.69 Å². The van der Waals surface area contributed by atoms with Crippen LogP contribution in [0.2, 0.25) is 0 Å². The monoisotopic (exact) mass is 222 g/mol. The van der Waals surface area contributed by atoms with E-state index in [1.54, 1.807) is 7.05 Å². The van der Waals surface area contributed by atoms with Crippen molar-refractivity contribution in [3.8, 4) is 5.75 Å². The van der Waals surface area contributed by atoms with E-state index in [-0.39, 0.29) is 17.3 Å². The van der Waals surface area contributed by atoms with Crippen molar-refractivity contribution in [1.29, 1.82) is 0 Å². The average molecular weight is 222 g/mol. The highest BCUT2D eigenvalue weighted by molar-refractivity contribution is 5.99. The number of hydrogen-bond acceptors (Lipinski definition) is 4. The summed E-state index contributed by atoms with van der Waals surface area (Å²) < 4.78 is 5.03. The lowest BCUT2D eigenvalue weighted by Gasteiger charge is -2.06. The van der Waals surface area contributed by atoms with E-state index in [4.69, 9.17) is 4.74 Å². The maximum absolute atomic E-state index is 11.6. The number of nitro groups is 1. The lowest BCUT2D eigenvalue weighted by atomic mass is 10.1. The molecule has 6 heteroatoms. The zero-order valence-electron chi connectivity index (χ0n) is 8.89. The minimum absolute atomic E-state index is 0.107. The summed E-state index contributed by atoms with van der Waals surface area (Å²) in [5.41, 5.74) is 0.957. The van der Waals surface area contributed by atoms with Crippen LogP contribution in [0.1, 0.15) is 15.9 Å². The zero-order chi connectivity index (χ0) is 11.9. The van der Waals surface area contributed by atoms with Crippen LogP contribution in [0.3, 0.4) is 0 Å². The summed E-state index contributed by atoms with van der Waals surface area (Å²) in [7, 11) is 3.01. The maximum Gasteiger partial charge on any atom is 0.311 e. The van der Waals surface area contributed by atoms with Crippen molar-refractivity contribution in [2.75, 3.05) is 14.2 Å². The second-order valence-corrected chi connectivity index (χ2v) is 3.56. The van der Waals surface area contributed by atoms with E-state index >= 15 is 0 Å². The molecule has 0 radical (unpaired) electrons.